The lowest BCUT2D eigenvalue weighted by Crippen LogP contribution is -2.80. The maximum atomic E-state index is 16.1. The second-order valence-corrected chi connectivity index (χ2v) is 15.3. The van der Waals surface area contributed by atoms with Gasteiger partial charge in [-0.3, -0.25) is 19.9 Å². The molecule has 6 aromatic rings. The molecule has 5 aromatic carbocycles. The Balaban J connectivity index is 1.39. The van der Waals surface area contributed by atoms with Crippen LogP contribution in [0.2, 0.25) is 0 Å². The molecule has 0 spiro atoms. The molecule has 7 nitrogen and oxygen atoms in total. The third kappa shape index (κ3) is 6.90. The minimum atomic E-state index is -1.02. The van der Waals surface area contributed by atoms with Crippen LogP contribution < -0.4 is 0 Å². The van der Waals surface area contributed by atoms with Crippen molar-refractivity contribution in [1.82, 2.24) is 4.98 Å². The SMILES string of the molecule is C=C[C@H]1C[N@+]2(C(Cc3ccccc3)(Cc3ccccc3)C(=O)c3ccc([N+](=O)[O-])cc3)CC[C@H]1C[C@H]2[C@H](OCc1ccccc1)c1ccnc2ccccc12. The minimum absolute atomic E-state index is 0.00957. The second kappa shape index (κ2) is 15.5. The summed E-state index contributed by atoms with van der Waals surface area (Å²) in [5, 5.41) is 12.8. The van der Waals surface area contributed by atoms with E-state index in [1.54, 1.807) is 12.1 Å². The van der Waals surface area contributed by atoms with Crippen LogP contribution in [0.5, 0.6) is 0 Å². The predicted molar refractivity (Wildman–Crippen MR) is 216 cm³/mol. The number of fused-ring (bicyclic) bond motifs is 4. The molecule has 2 bridgehead atoms. The summed E-state index contributed by atoms with van der Waals surface area (Å²) in [5.74, 6) is 0.577. The van der Waals surface area contributed by atoms with Crippen molar-refractivity contribution in [2.45, 2.75) is 50.0 Å². The van der Waals surface area contributed by atoms with Crippen LogP contribution in [0.4, 0.5) is 5.69 Å². The van der Waals surface area contributed by atoms with E-state index in [-0.39, 0.29) is 29.5 Å². The van der Waals surface area contributed by atoms with Crippen LogP contribution in [0, 0.1) is 22.0 Å². The molecule has 3 saturated heterocycles. The van der Waals surface area contributed by atoms with Gasteiger partial charge in [-0.05, 0) is 52.4 Å². The fourth-order valence-electron chi connectivity index (χ4n) is 9.83. The molecule has 0 saturated carbocycles. The normalized spacial score (nSPS) is 21.2. The average Bonchev–Trinajstić information content (AvgIpc) is 3.24. The minimum Gasteiger partial charge on any atom is -0.363 e. The molecule has 7 heteroatoms. The number of ether oxygens (including phenoxy) is 1. The van der Waals surface area contributed by atoms with E-state index in [0.29, 0.717) is 35.4 Å². The van der Waals surface area contributed by atoms with Gasteiger partial charge >= 0.3 is 0 Å². The summed E-state index contributed by atoms with van der Waals surface area (Å²) in [4.78, 5) is 32.2. The van der Waals surface area contributed by atoms with Crippen molar-refractivity contribution in [3.8, 4) is 0 Å². The van der Waals surface area contributed by atoms with Gasteiger partial charge in [0.05, 0.1) is 30.1 Å². The molecular formula is C48H46N3O4+. The van der Waals surface area contributed by atoms with E-state index >= 15 is 4.79 Å². The van der Waals surface area contributed by atoms with Gasteiger partial charge in [-0.1, -0.05) is 115 Å². The van der Waals surface area contributed by atoms with Crippen LogP contribution in [0.25, 0.3) is 10.9 Å². The highest BCUT2D eigenvalue weighted by Crippen LogP contribution is 2.54. The zero-order valence-electron chi connectivity index (χ0n) is 31.0. The van der Waals surface area contributed by atoms with Crippen LogP contribution in [0.15, 0.2) is 164 Å². The highest BCUT2D eigenvalue weighted by molar-refractivity contribution is 6.03. The number of carbonyl (C=O) groups excluding carboxylic acids is 1. The van der Waals surface area contributed by atoms with Gasteiger partial charge in [0.1, 0.15) is 12.1 Å². The Morgan fingerprint density at radius 1 is 0.836 bits per heavy atom. The number of quaternary nitrogens is 1. The molecule has 0 amide bonds. The number of piperidine rings is 3. The lowest BCUT2D eigenvalue weighted by molar-refractivity contribution is -1.01. The number of hydrogen-bond donors (Lipinski definition) is 0. The molecule has 0 N–H and O–H groups in total. The lowest BCUT2D eigenvalue weighted by atomic mass is 9.64. The summed E-state index contributed by atoms with van der Waals surface area (Å²) < 4.78 is 7.77. The van der Waals surface area contributed by atoms with Gasteiger partial charge in [-0.2, -0.15) is 0 Å². The topological polar surface area (TPSA) is 82.3 Å². The Hall–Kier alpha value is -5.76. The van der Waals surface area contributed by atoms with Crippen LogP contribution >= 0.6 is 0 Å². The Labute approximate surface area is 322 Å². The van der Waals surface area contributed by atoms with E-state index in [9.17, 15) is 10.1 Å². The van der Waals surface area contributed by atoms with Gasteiger partial charge in [0.25, 0.3) is 5.69 Å². The molecule has 0 aliphatic carbocycles. The number of non-ortho nitro benzene ring substituents is 1. The number of nitro groups is 1. The van der Waals surface area contributed by atoms with Crippen molar-refractivity contribution in [3.05, 3.63) is 202 Å². The molecule has 1 aromatic heterocycles. The van der Waals surface area contributed by atoms with E-state index in [0.717, 1.165) is 59.1 Å². The second-order valence-electron chi connectivity index (χ2n) is 15.3. The van der Waals surface area contributed by atoms with E-state index in [4.69, 9.17) is 9.72 Å². The highest BCUT2D eigenvalue weighted by atomic mass is 16.6. The molecule has 3 fully saturated rings. The van der Waals surface area contributed by atoms with Gasteiger partial charge in [-0.15, -0.1) is 6.58 Å². The Morgan fingerprint density at radius 3 is 2.05 bits per heavy atom. The first-order chi connectivity index (χ1) is 26.9. The molecule has 3 aliphatic rings. The number of nitrogens with zero attached hydrogens (tertiary/aromatic N) is 3. The monoisotopic (exact) mass is 728 g/mol. The number of Topliss-reactive ketones (excluding diaryl/α,β-unsaturated/α-hetero) is 1. The maximum Gasteiger partial charge on any atom is 0.269 e. The third-order valence-corrected chi connectivity index (χ3v) is 12.4. The zero-order chi connectivity index (χ0) is 37.8. The van der Waals surface area contributed by atoms with Crippen LogP contribution in [0.1, 0.15) is 51.6 Å². The summed E-state index contributed by atoms with van der Waals surface area (Å²) in [5.41, 5.74) is 4.61. The van der Waals surface area contributed by atoms with E-state index in [2.05, 4.69) is 67.3 Å². The van der Waals surface area contributed by atoms with Crippen molar-refractivity contribution in [1.29, 1.82) is 0 Å². The summed E-state index contributed by atoms with van der Waals surface area (Å²) in [7, 11) is 0. The van der Waals surface area contributed by atoms with Crippen molar-refractivity contribution in [2.24, 2.45) is 11.8 Å². The Bertz CT molecular complexity index is 2230. The average molecular weight is 729 g/mol. The third-order valence-electron chi connectivity index (χ3n) is 12.4. The van der Waals surface area contributed by atoms with Gasteiger partial charge in [-0.25, -0.2) is 0 Å². The number of pyridine rings is 1. The van der Waals surface area contributed by atoms with E-state index < -0.39 is 10.5 Å². The number of benzene rings is 5. The summed E-state index contributed by atoms with van der Waals surface area (Å²) in [6.07, 6.45) is 6.38. The Kier molecular flexibility index (Phi) is 10.2. The van der Waals surface area contributed by atoms with Gasteiger partial charge in [0.15, 0.2) is 5.54 Å². The molecule has 4 heterocycles. The number of nitro benzene ring substituents is 1. The van der Waals surface area contributed by atoms with Gasteiger partial charge in [0, 0.05) is 60.9 Å². The first kappa shape index (κ1) is 36.2. The fourth-order valence-corrected chi connectivity index (χ4v) is 9.83. The molecule has 55 heavy (non-hydrogen) atoms. The van der Waals surface area contributed by atoms with Crippen molar-refractivity contribution in [2.75, 3.05) is 13.1 Å². The Morgan fingerprint density at radius 2 is 1.44 bits per heavy atom. The summed E-state index contributed by atoms with van der Waals surface area (Å²) >= 11 is 0. The smallest absolute Gasteiger partial charge is 0.269 e. The summed E-state index contributed by atoms with van der Waals surface area (Å²) in [6.45, 7) is 6.28. The molecule has 3 aliphatic heterocycles. The number of rotatable bonds is 14. The zero-order valence-corrected chi connectivity index (χ0v) is 31.0. The first-order valence-corrected chi connectivity index (χ1v) is 19.3. The molecule has 0 unspecified atom stereocenters. The fraction of sp³-hybridized carbons (Fsp3) is 0.250. The number of ketones is 1. The largest absolute Gasteiger partial charge is 0.363 e. The number of para-hydroxylation sites is 1. The van der Waals surface area contributed by atoms with Crippen molar-refractivity contribution >= 4 is 22.4 Å². The van der Waals surface area contributed by atoms with Gasteiger partial charge < -0.3 is 9.22 Å². The lowest BCUT2D eigenvalue weighted by Gasteiger charge is -2.65. The first-order valence-electron chi connectivity index (χ1n) is 19.3. The number of aromatic nitrogens is 1. The molecular weight excluding hydrogens is 683 g/mol. The molecule has 276 valence electrons. The predicted octanol–water partition coefficient (Wildman–Crippen LogP) is 9.92. The van der Waals surface area contributed by atoms with Crippen LogP contribution in [-0.4, -0.2) is 44.8 Å². The van der Waals surface area contributed by atoms with Crippen LogP contribution in [-0.2, 0) is 24.2 Å². The molecule has 5 atom stereocenters. The molecule has 9 rings (SSSR count). The van der Waals surface area contributed by atoms with Crippen molar-refractivity contribution < 1.29 is 18.9 Å². The molecule has 0 radical (unpaired) electrons. The standard InChI is InChI=1S/C48H46N3O4/c1-2-38-33-51(29-27-40(38)30-45(51)46(55-34-37-18-10-5-11-19-37)43-26-28-49-44-21-13-12-20-42(43)44)48(31-35-14-6-3-7-15-35,32-36-16-8-4-9-17-36)47(52)39-22-24-41(25-23-39)50(53)54/h2-26,28,38,40,45-46H,1,27,29-34H2/q+1/t38-,40-,45-,46+,51+/m0/s1. The van der Waals surface area contributed by atoms with E-state index in [1.807, 2.05) is 72.9 Å². The highest BCUT2D eigenvalue weighted by Gasteiger charge is 2.66. The quantitative estimate of drug-likeness (QED) is 0.0367. The number of hydrogen-bond acceptors (Lipinski definition) is 5. The number of carbonyl (C=O) groups is 1. The van der Waals surface area contributed by atoms with Crippen LogP contribution in [0.3, 0.4) is 0 Å². The summed E-state index contributed by atoms with van der Waals surface area (Å²) in [6, 6.07) is 47.5. The van der Waals surface area contributed by atoms with E-state index in [1.165, 1.54) is 12.1 Å². The van der Waals surface area contributed by atoms with Crippen molar-refractivity contribution in [3.63, 3.8) is 0 Å². The van der Waals surface area contributed by atoms with Gasteiger partial charge in [0.2, 0.25) is 5.78 Å². The maximum absolute atomic E-state index is 16.1.